The zero-order valence-electron chi connectivity index (χ0n) is 13.5. The molecule has 0 aliphatic rings. The van der Waals surface area contributed by atoms with Gasteiger partial charge in [0.25, 0.3) is 0 Å². The van der Waals surface area contributed by atoms with Crippen molar-refractivity contribution in [2.24, 2.45) is 0 Å². The van der Waals surface area contributed by atoms with Crippen LogP contribution in [0.25, 0.3) is 10.9 Å². The van der Waals surface area contributed by atoms with Crippen LogP contribution in [0.15, 0.2) is 48.5 Å². The van der Waals surface area contributed by atoms with Gasteiger partial charge in [-0.3, -0.25) is 0 Å². The summed E-state index contributed by atoms with van der Waals surface area (Å²) < 4.78 is 27.2. The second kappa shape index (κ2) is 6.32. The molecule has 0 unspecified atom stereocenters. The van der Waals surface area contributed by atoms with E-state index in [1.165, 1.54) is 6.07 Å². The highest BCUT2D eigenvalue weighted by molar-refractivity contribution is 5.82. The molecule has 0 aliphatic heterocycles. The predicted octanol–water partition coefficient (Wildman–Crippen LogP) is 4.95. The van der Waals surface area contributed by atoms with Crippen molar-refractivity contribution in [1.29, 1.82) is 0 Å². The van der Waals surface area contributed by atoms with Gasteiger partial charge in [-0.1, -0.05) is 12.1 Å². The van der Waals surface area contributed by atoms with Crippen LogP contribution < -0.4 is 9.47 Å². The SMILES string of the molecule is COc1ccc(OCc2cc3cccc(F)c3n2C(C)C)cc1. The van der Waals surface area contributed by atoms with Gasteiger partial charge in [0.05, 0.1) is 18.3 Å². The third kappa shape index (κ3) is 3.02. The van der Waals surface area contributed by atoms with Crippen LogP contribution in [-0.2, 0) is 6.61 Å². The fourth-order valence-electron chi connectivity index (χ4n) is 2.83. The van der Waals surface area contributed by atoms with Crippen LogP contribution in [0.5, 0.6) is 11.5 Å². The molecule has 3 aromatic rings. The van der Waals surface area contributed by atoms with Crippen molar-refractivity contribution in [1.82, 2.24) is 4.57 Å². The summed E-state index contributed by atoms with van der Waals surface area (Å²) in [5.41, 5.74) is 1.59. The molecule has 3 nitrogen and oxygen atoms in total. The Balaban J connectivity index is 1.90. The second-order valence-electron chi connectivity index (χ2n) is 5.74. The smallest absolute Gasteiger partial charge is 0.147 e. The first-order valence-corrected chi connectivity index (χ1v) is 7.65. The lowest BCUT2D eigenvalue weighted by molar-refractivity contribution is 0.292. The number of nitrogens with zero attached hydrogens (tertiary/aromatic N) is 1. The molecule has 2 aromatic carbocycles. The monoisotopic (exact) mass is 313 g/mol. The number of halogens is 1. The van der Waals surface area contributed by atoms with Gasteiger partial charge in [-0.15, -0.1) is 0 Å². The van der Waals surface area contributed by atoms with Crippen molar-refractivity contribution in [3.8, 4) is 11.5 Å². The standard InChI is InChI=1S/C19H20FNO2/c1-13(2)21-15(11-14-5-4-6-18(20)19(14)21)12-23-17-9-7-16(22-3)8-10-17/h4-11,13H,12H2,1-3H3. The Kier molecular flexibility index (Phi) is 4.24. The number of para-hydroxylation sites is 1. The van der Waals surface area contributed by atoms with Gasteiger partial charge in [0, 0.05) is 11.4 Å². The van der Waals surface area contributed by atoms with Crippen LogP contribution in [0.1, 0.15) is 25.6 Å². The van der Waals surface area contributed by atoms with Crippen molar-refractivity contribution < 1.29 is 13.9 Å². The number of aromatic nitrogens is 1. The van der Waals surface area contributed by atoms with Gasteiger partial charge >= 0.3 is 0 Å². The lowest BCUT2D eigenvalue weighted by Crippen LogP contribution is -2.09. The van der Waals surface area contributed by atoms with Crippen LogP contribution in [0.4, 0.5) is 4.39 Å². The van der Waals surface area contributed by atoms with Crippen molar-refractivity contribution in [3.63, 3.8) is 0 Å². The number of ether oxygens (including phenoxy) is 2. The number of methoxy groups -OCH3 is 1. The number of hydrogen-bond acceptors (Lipinski definition) is 2. The summed E-state index contributed by atoms with van der Waals surface area (Å²) in [4.78, 5) is 0. The summed E-state index contributed by atoms with van der Waals surface area (Å²) >= 11 is 0. The number of hydrogen-bond donors (Lipinski definition) is 0. The Morgan fingerprint density at radius 2 is 1.74 bits per heavy atom. The number of rotatable bonds is 5. The largest absolute Gasteiger partial charge is 0.497 e. The van der Waals surface area contributed by atoms with Crippen molar-refractivity contribution in [2.75, 3.05) is 7.11 Å². The van der Waals surface area contributed by atoms with Crippen LogP contribution in [0, 0.1) is 5.82 Å². The molecule has 120 valence electrons. The molecule has 1 heterocycles. The quantitative estimate of drug-likeness (QED) is 0.665. The topological polar surface area (TPSA) is 23.4 Å². The fraction of sp³-hybridized carbons (Fsp3) is 0.263. The lowest BCUT2D eigenvalue weighted by atomic mass is 10.2. The molecule has 0 saturated heterocycles. The van der Waals surface area contributed by atoms with Gasteiger partial charge in [-0.2, -0.15) is 0 Å². The van der Waals surface area contributed by atoms with E-state index in [0.29, 0.717) is 12.1 Å². The predicted molar refractivity (Wildman–Crippen MR) is 89.6 cm³/mol. The Labute approximate surface area is 135 Å². The Hall–Kier alpha value is -2.49. The maximum Gasteiger partial charge on any atom is 0.147 e. The minimum absolute atomic E-state index is 0.152. The second-order valence-corrected chi connectivity index (χ2v) is 5.74. The van der Waals surface area contributed by atoms with Gasteiger partial charge in [0.1, 0.15) is 23.9 Å². The van der Waals surface area contributed by atoms with Crippen molar-refractivity contribution in [2.45, 2.75) is 26.5 Å². The molecule has 0 fully saturated rings. The van der Waals surface area contributed by atoms with E-state index in [2.05, 4.69) is 0 Å². The lowest BCUT2D eigenvalue weighted by Gasteiger charge is -2.15. The van der Waals surface area contributed by atoms with Gasteiger partial charge in [0.15, 0.2) is 0 Å². The van der Waals surface area contributed by atoms with Crippen LogP contribution in [0.2, 0.25) is 0 Å². The minimum atomic E-state index is -0.202. The van der Waals surface area contributed by atoms with E-state index in [-0.39, 0.29) is 11.9 Å². The molecule has 0 atom stereocenters. The highest BCUT2D eigenvalue weighted by Crippen LogP contribution is 2.27. The summed E-state index contributed by atoms with van der Waals surface area (Å²) in [7, 11) is 1.63. The summed E-state index contributed by atoms with van der Waals surface area (Å²) in [5, 5.41) is 0.895. The highest BCUT2D eigenvalue weighted by atomic mass is 19.1. The first-order valence-electron chi connectivity index (χ1n) is 7.65. The maximum absolute atomic E-state index is 14.2. The van der Waals surface area contributed by atoms with Crippen molar-refractivity contribution >= 4 is 10.9 Å². The van der Waals surface area contributed by atoms with E-state index in [9.17, 15) is 4.39 Å². The number of fused-ring (bicyclic) bond motifs is 1. The van der Waals surface area contributed by atoms with Crippen LogP contribution >= 0.6 is 0 Å². The Morgan fingerprint density at radius 3 is 2.39 bits per heavy atom. The summed E-state index contributed by atoms with van der Waals surface area (Å²) in [6.45, 7) is 4.48. The molecule has 0 N–H and O–H groups in total. The molecule has 0 bridgehead atoms. The molecule has 3 rings (SSSR count). The molecule has 0 saturated carbocycles. The molecule has 0 radical (unpaired) electrons. The van der Waals surface area contributed by atoms with Gasteiger partial charge in [0.2, 0.25) is 0 Å². The number of benzene rings is 2. The van der Waals surface area contributed by atoms with Crippen molar-refractivity contribution in [3.05, 3.63) is 60.0 Å². The van der Waals surface area contributed by atoms with E-state index >= 15 is 0 Å². The van der Waals surface area contributed by atoms with Crippen LogP contribution in [-0.4, -0.2) is 11.7 Å². The average molecular weight is 313 g/mol. The maximum atomic E-state index is 14.2. The minimum Gasteiger partial charge on any atom is -0.497 e. The third-order valence-corrected chi connectivity index (χ3v) is 3.85. The van der Waals surface area contributed by atoms with Gasteiger partial charge < -0.3 is 14.0 Å². The molecule has 0 amide bonds. The Morgan fingerprint density at radius 1 is 1.04 bits per heavy atom. The normalized spacial score (nSPS) is 11.2. The first-order chi connectivity index (χ1) is 11.1. The highest BCUT2D eigenvalue weighted by Gasteiger charge is 2.15. The third-order valence-electron chi connectivity index (χ3n) is 3.85. The van der Waals surface area contributed by atoms with Gasteiger partial charge in [-0.05, 0) is 50.2 Å². The Bertz CT molecular complexity index is 806. The van der Waals surface area contributed by atoms with Gasteiger partial charge in [-0.25, -0.2) is 4.39 Å². The molecule has 23 heavy (non-hydrogen) atoms. The van der Waals surface area contributed by atoms with Crippen LogP contribution in [0.3, 0.4) is 0 Å². The molecule has 4 heteroatoms. The van der Waals surface area contributed by atoms with E-state index < -0.39 is 0 Å². The van der Waals surface area contributed by atoms with E-state index in [0.717, 1.165) is 22.6 Å². The fourth-order valence-corrected chi connectivity index (χ4v) is 2.83. The summed E-state index contributed by atoms with van der Waals surface area (Å²) in [6, 6.07) is 14.7. The van der Waals surface area contributed by atoms with E-state index in [4.69, 9.17) is 9.47 Å². The average Bonchev–Trinajstić information content (AvgIpc) is 2.93. The molecule has 1 aromatic heterocycles. The zero-order chi connectivity index (χ0) is 16.4. The van der Waals surface area contributed by atoms with E-state index in [1.54, 1.807) is 13.2 Å². The molecular formula is C19H20FNO2. The van der Waals surface area contributed by atoms with E-state index in [1.807, 2.05) is 54.8 Å². The molecule has 0 spiro atoms. The summed E-state index contributed by atoms with van der Waals surface area (Å²) in [6.07, 6.45) is 0. The first kappa shape index (κ1) is 15.4. The summed E-state index contributed by atoms with van der Waals surface area (Å²) in [5.74, 6) is 1.34. The molecule has 0 aliphatic carbocycles. The zero-order valence-corrected chi connectivity index (χ0v) is 13.5. The molecular weight excluding hydrogens is 293 g/mol.